The van der Waals surface area contributed by atoms with Crippen LogP contribution in [0.1, 0.15) is 18.2 Å². The fourth-order valence-corrected chi connectivity index (χ4v) is 1.48. The van der Waals surface area contributed by atoms with Crippen molar-refractivity contribution in [3.63, 3.8) is 0 Å². The van der Waals surface area contributed by atoms with Gasteiger partial charge in [0.1, 0.15) is 11.5 Å². The monoisotopic (exact) mass is 177 g/mol. The Morgan fingerprint density at radius 3 is 3.31 bits per heavy atom. The van der Waals surface area contributed by atoms with E-state index in [0.717, 1.165) is 24.5 Å². The summed E-state index contributed by atoms with van der Waals surface area (Å²) < 4.78 is 5.31. The van der Waals surface area contributed by atoms with E-state index in [1.807, 2.05) is 6.07 Å². The van der Waals surface area contributed by atoms with Gasteiger partial charge in [-0.25, -0.2) is 0 Å². The smallest absolute Gasteiger partial charge is 0.140 e. The molecule has 3 heteroatoms. The van der Waals surface area contributed by atoms with Crippen molar-refractivity contribution in [2.75, 3.05) is 6.61 Å². The summed E-state index contributed by atoms with van der Waals surface area (Å²) in [5, 5.41) is 0. The first-order valence-corrected chi connectivity index (χ1v) is 4.36. The van der Waals surface area contributed by atoms with Crippen LogP contribution in [0, 0.1) is 0 Å². The fourth-order valence-electron chi connectivity index (χ4n) is 1.48. The van der Waals surface area contributed by atoms with E-state index in [1.165, 1.54) is 5.56 Å². The molecule has 13 heavy (non-hydrogen) atoms. The Hall–Kier alpha value is -1.38. The van der Waals surface area contributed by atoms with Gasteiger partial charge in [0.15, 0.2) is 0 Å². The third kappa shape index (κ3) is 1.69. The Morgan fingerprint density at radius 1 is 1.69 bits per heavy atom. The molecule has 1 aliphatic heterocycles. The largest absolute Gasteiger partial charge is 0.491 e. The van der Waals surface area contributed by atoms with E-state index in [2.05, 4.69) is 4.98 Å². The Morgan fingerprint density at radius 2 is 2.54 bits per heavy atom. The number of ketones is 1. The molecule has 0 saturated carbocycles. The third-order valence-corrected chi connectivity index (χ3v) is 2.06. The number of pyridine rings is 1. The lowest BCUT2D eigenvalue weighted by Crippen LogP contribution is -1.99. The maximum Gasteiger partial charge on any atom is 0.140 e. The quantitative estimate of drug-likeness (QED) is 0.680. The normalized spacial score (nSPS) is 13.6. The summed E-state index contributed by atoms with van der Waals surface area (Å²) in [5.74, 6) is 1.01. The molecule has 0 bridgehead atoms. The summed E-state index contributed by atoms with van der Waals surface area (Å²) in [6, 6.07) is 1.96. The zero-order chi connectivity index (χ0) is 9.26. The van der Waals surface area contributed by atoms with Crippen LogP contribution in [0.2, 0.25) is 0 Å². The molecule has 0 atom stereocenters. The Kier molecular flexibility index (Phi) is 2.00. The van der Waals surface area contributed by atoms with Crippen LogP contribution in [-0.4, -0.2) is 17.4 Å². The third-order valence-electron chi connectivity index (χ3n) is 2.06. The second-order valence-corrected chi connectivity index (χ2v) is 3.26. The summed E-state index contributed by atoms with van der Waals surface area (Å²) >= 11 is 0. The lowest BCUT2D eigenvalue weighted by molar-refractivity contribution is -0.116. The Bertz CT molecular complexity index is 347. The summed E-state index contributed by atoms with van der Waals surface area (Å²) in [7, 11) is 0. The van der Waals surface area contributed by atoms with Crippen LogP contribution in [0.15, 0.2) is 12.3 Å². The van der Waals surface area contributed by atoms with Crippen molar-refractivity contribution >= 4 is 5.78 Å². The number of carbonyl (C=O) groups is 1. The minimum atomic E-state index is 0.145. The first-order chi connectivity index (χ1) is 6.25. The predicted molar refractivity (Wildman–Crippen MR) is 47.8 cm³/mol. The second-order valence-electron chi connectivity index (χ2n) is 3.26. The van der Waals surface area contributed by atoms with Crippen molar-refractivity contribution in [2.24, 2.45) is 0 Å². The van der Waals surface area contributed by atoms with Gasteiger partial charge in [0.2, 0.25) is 0 Å². The zero-order valence-corrected chi connectivity index (χ0v) is 7.54. The molecule has 1 aromatic heterocycles. The van der Waals surface area contributed by atoms with E-state index < -0.39 is 0 Å². The molecule has 0 N–H and O–H groups in total. The van der Waals surface area contributed by atoms with E-state index in [0.29, 0.717) is 6.42 Å². The van der Waals surface area contributed by atoms with Gasteiger partial charge in [0, 0.05) is 24.1 Å². The Labute approximate surface area is 76.7 Å². The van der Waals surface area contributed by atoms with Crippen LogP contribution in [0.25, 0.3) is 0 Å². The number of fused-ring (bicyclic) bond motifs is 1. The Balaban J connectivity index is 2.25. The van der Waals surface area contributed by atoms with Gasteiger partial charge in [-0.3, -0.25) is 9.78 Å². The fraction of sp³-hybridized carbons (Fsp3) is 0.400. The van der Waals surface area contributed by atoms with E-state index in [9.17, 15) is 4.79 Å². The number of Topliss-reactive ketones (excluding diaryl/α,β-unsaturated/α-hetero) is 1. The molecule has 0 fully saturated rings. The number of ether oxygens (including phenoxy) is 1. The van der Waals surface area contributed by atoms with Gasteiger partial charge in [0.05, 0.1) is 12.8 Å². The maximum atomic E-state index is 10.8. The molecule has 0 saturated heterocycles. The van der Waals surface area contributed by atoms with Crippen molar-refractivity contribution in [1.29, 1.82) is 0 Å². The highest BCUT2D eigenvalue weighted by molar-refractivity contribution is 5.77. The van der Waals surface area contributed by atoms with Crippen molar-refractivity contribution < 1.29 is 9.53 Å². The van der Waals surface area contributed by atoms with Gasteiger partial charge in [-0.15, -0.1) is 0 Å². The molecule has 0 aliphatic carbocycles. The number of hydrogen-bond acceptors (Lipinski definition) is 3. The van der Waals surface area contributed by atoms with Crippen molar-refractivity contribution in [3.8, 4) is 5.75 Å². The molecule has 1 aliphatic rings. The minimum Gasteiger partial charge on any atom is -0.491 e. The van der Waals surface area contributed by atoms with E-state index in [1.54, 1.807) is 13.1 Å². The molecule has 2 heterocycles. The molecule has 68 valence electrons. The van der Waals surface area contributed by atoms with Gasteiger partial charge in [-0.1, -0.05) is 0 Å². The van der Waals surface area contributed by atoms with Gasteiger partial charge in [0.25, 0.3) is 0 Å². The van der Waals surface area contributed by atoms with E-state index in [-0.39, 0.29) is 5.78 Å². The number of nitrogens with zero attached hydrogens (tertiary/aromatic N) is 1. The predicted octanol–water partition coefficient (Wildman–Crippen LogP) is 1.15. The average molecular weight is 177 g/mol. The van der Waals surface area contributed by atoms with Gasteiger partial charge in [-0.05, 0) is 13.0 Å². The summed E-state index contributed by atoms with van der Waals surface area (Å²) in [6.45, 7) is 2.31. The standard InChI is InChI=1S/C10H11NO2/c1-7(12)4-9-5-8-2-3-13-10(8)6-11-9/h5-6H,2-4H2,1H3. The number of carbonyl (C=O) groups excluding carboxylic acids is 1. The lowest BCUT2D eigenvalue weighted by Gasteiger charge is -2.00. The molecule has 3 nitrogen and oxygen atoms in total. The number of aromatic nitrogens is 1. The molecular weight excluding hydrogens is 166 g/mol. The number of rotatable bonds is 2. The van der Waals surface area contributed by atoms with Crippen LogP contribution in [0.5, 0.6) is 5.75 Å². The molecule has 0 aromatic carbocycles. The molecule has 1 aromatic rings. The van der Waals surface area contributed by atoms with Crippen LogP contribution in [-0.2, 0) is 17.6 Å². The first kappa shape index (κ1) is 8.23. The average Bonchev–Trinajstić information content (AvgIpc) is 2.49. The topological polar surface area (TPSA) is 39.2 Å². The summed E-state index contributed by atoms with van der Waals surface area (Å²) in [4.78, 5) is 15.0. The van der Waals surface area contributed by atoms with Gasteiger partial charge < -0.3 is 4.74 Å². The summed E-state index contributed by atoms with van der Waals surface area (Å²) in [6.07, 6.45) is 3.07. The van der Waals surface area contributed by atoms with Crippen LogP contribution in [0.4, 0.5) is 0 Å². The maximum absolute atomic E-state index is 10.8. The van der Waals surface area contributed by atoms with Crippen molar-refractivity contribution in [1.82, 2.24) is 4.98 Å². The highest BCUT2D eigenvalue weighted by Gasteiger charge is 2.13. The second kappa shape index (κ2) is 3.17. The van der Waals surface area contributed by atoms with E-state index in [4.69, 9.17) is 4.74 Å². The van der Waals surface area contributed by atoms with Gasteiger partial charge in [-0.2, -0.15) is 0 Å². The first-order valence-electron chi connectivity index (χ1n) is 4.36. The van der Waals surface area contributed by atoms with Crippen LogP contribution in [0.3, 0.4) is 0 Å². The molecule has 0 amide bonds. The molecule has 0 radical (unpaired) electrons. The highest BCUT2D eigenvalue weighted by atomic mass is 16.5. The van der Waals surface area contributed by atoms with Gasteiger partial charge >= 0.3 is 0 Å². The van der Waals surface area contributed by atoms with Crippen LogP contribution >= 0.6 is 0 Å². The van der Waals surface area contributed by atoms with Crippen molar-refractivity contribution in [2.45, 2.75) is 19.8 Å². The molecule has 2 rings (SSSR count). The highest BCUT2D eigenvalue weighted by Crippen LogP contribution is 2.24. The SMILES string of the molecule is CC(=O)Cc1cc2c(cn1)OCC2. The lowest BCUT2D eigenvalue weighted by atomic mass is 10.1. The molecular formula is C10H11NO2. The van der Waals surface area contributed by atoms with Crippen molar-refractivity contribution in [3.05, 3.63) is 23.5 Å². The summed E-state index contributed by atoms with van der Waals surface area (Å²) in [5.41, 5.74) is 2.02. The van der Waals surface area contributed by atoms with E-state index >= 15 is 0 Å². The van der Waals surface area contributed by atoms with Crippen LogP contribution < -0.4 is 4.74 Å². The minimum absolute atomic E-state index is 0.145. The number of hydrogen-bond donors (Lipinski definition) is 0. The molecule has 0 spiro atoms. The molecule has 0 unspecified atom stereocenters. The zero-order valence-electron chi connectivity index (χ0n) is 7.54.